The summed E-state index contributed by atoms with van der Waals surface area (Å²) in [6, 6.07) is 7.48. The zero-order valence-corrected chi connectivity index (χ0v) is 18.2. The molecule has 8 heteroatoms. The van der Waals surface area contributed by atoms with E-state index in [1.807, 2.05) is 13.8 Å². The molecule has 30 heavy (non-hydrogen) atoms. The number of benzene rings is 1. The molecular formula is C22H21ClN2O4S. The molecule has 156 valence electrons. The number of nitrogens with zero attached hydrogens (tertiary/aromatic N) is 1. The summed E-state index contributed by atoms with van der Waals surface area (Å²) < 4.78 is 1.44. The maximum atomic E-state index is 13.4. The molecule has 0 spiro atoms. The molecule has 1 aromatic heterocycles. The van der Waals surface area contributed by atoms with Crippen molar-refractivity contribution in [2.24, 2.45) is 5.41 Å². The summed E-state index contributed by atoms with van der Waals surface area (Å²) in [5.41, 5.74) is 0.544. The summed E-state index contributed by atoms with van der Waals surface area (Å²) in [5.74, 6) is -0.106. The standard InChI is InChI=1S/C22H21ClN2O4S/c1-22(2)10-17-14(18(26)11-22)9-15(19(27)24-16-7-8-30-21(16)29)20(28)25(17)13-5-3-12(23)4-6-13/h3-6,9,16H,7-8,10-11H2,1-2H3,(H,24,27)/t16-/m0/s1. The average Bonchev–Trinajstić information content (AvgIpc) is 3.06. The molecule has 0 bridgehead atoms. The van der Waals surface area contributed by atoms with Gasteiger partial charge in [-0.15, -0.1) is 0 Å². The lowest BCUT2D eigenvalue weighted by molar-refractivity contribution is -0.112. The average molecular weight is 445 g/mol. The van der Waals surface area contributed by atoms with Crippen LogP contribution in [0.3, 0.4) is 0 Å². The number of nitrogens with one attached hydrogen (secondary N) is 1. The molecule has 1 fully saturated rings. The first-order chi connectivity index (χ1) is 14.2. The number of pyridine rings is 1. The number of carbonyl (C=O) groups is 3. The van der Waals surface area contributed by atoms with E-state index in [0.29, 0.717) is 47.0 Å². The Morgan fingerprint density at radius 2 is 1.87 bits per heavy atom. The number of fused-ring (bicyclic) bond motifs is 1. The second-order valence-corrected chi connectivity index (χ2v) is 9.99. The van der Waals surface area contributed by atoms with Crippen LogP contribution >= 0.6 is 23.4 Å². The van der Waals surface area contributed by atoms with Crippen LogP contribution in [0, 0.1) is 5.41 Å². The molecule has 0 saturated carbocycles. The second-order valence-electron chi connectivity index (χ2n) is 8.46. The van der Waals surface area contributed by atoms with Gasteiger partial charge in [0, 0.05) is 34.1 Å². The molecule has 2 heterocycles. The van der Waals surface area contributed by atoms with Gasteiger partial charge < -0.3 is 5.32 Å². The van der Waals surface area contributed by atoms with Crippen LogP contribution in [-0.4, -0.2) is 33.2 Å². The van der Waals surface area contributed by atoms with Crippen molar-refractivity contribution in [1.82, 2.24) is 9.88 Å². The molecular weight excluding hydrogens is 424 g/mol. The number of aromatic nitrogens is 1. The van der Waals surface area contributed by atoms with Crippen LogP contribution in [0.2, 0.25) is 5.02 Å². The van der Waals surface area contributed by atoms with Gasteiger partial charge in [-0.2, -0.15) is 0 Å². The van der Waals surface area contributed by atoms with Crippen molar-refractivity contribution in [2.75, 3.05) is 5.75 Å². The molecule has 2 aliphatic rings. The fourth-order valence-corrected chi connectivity index (χ4v) is 5.06. The maximum Gasteiger partial charge on any atom is 0.268 e. The van der Waals surface area contributed by atoms with Crippen LogP contribution in [-0.2, 0) is 11.2 Å². The van der Waals surface area contributed by atoms with E-state index in [2.05, 4.69) is 5.32 Å². The summed E-state index contributed by atoms with van der Waals surface area (Å²) in [7, 11) is 0. The Labute approximate surface area is 183 Å². The number of halogens is 1. The van der Waals surface area contributed by atoms with Gasteiger partial charge in [0.1, 0.15) is 5.56 Å². The van der Waals surface area contributed by atoms with Crippen molar-refractivity contribution in [3.05, 3.63) is 62.5 Å². The first kappa shape index (κ1) is 20.9. The minimum Gasteiger partial charge on any atom is -0.341 e. The molecule has 1 aliphatic carbocycles. The highest BCUT2D eigenvalue weighted by molar-refractivity contribution is 8.14. The highest BCUT2D eigenvalue weighted by Crippen LogP contribution is 2.35. The third-order valence-electron chi connectivity index (χ3n) is 5.46. The summed E-state index contributed by atoms with van der Waals surface area (Å²) >= 11 is 7.17. The molecule has 1 aromatic carbocycles. The van der Waals surface area contributed by atoms with Gasteiger partial charge in [0.2, 0.25) is 5.12 Å². The number of Topliss-reactive ketones (excluding diaryl/α,β-unsaturated/α-hetero) is 1. The third-order valence-corrected chi connectivity index (χ3v) is 6.72. The van der Waals surface area contributed by atoms with E-state index < -0.39 is 17.5 Å². The Morgan fingerprint density at radius 1 is 1.17 bits per heavy atom. The minimum absolute atomic E-state index is 0.106. The van der Waals surface area contributed by atoms with Crippen LogP contribution in [0.5, 0.6) is 0 Å². The molecule has 2 aromatic rings. The predicted molar refractivity (Wildman–Crippen MR) is 117 cm³/mol. The quantitative estimate of drug-likeness (QED) is 0.784. The van der Waals surface area contributed by atoms with E-state index in [1.165, 1.54) is 22.4 Å². The molecule has 1 aliphatic heterocycles. The molecule has 1 N–H and O–H groups in total. The van der Waals surface area contributed by atoms with Gasteiger partial charge in [0.25, 0.3) is 11.5 Å². The van der Waals surface area contributed by atoms with E-state index in [0.717, 1.165) is 0 Å². The van der Waals surface area contributed by atoms with E-state index >= 15 is 0 Å². The smallest absolute Gasteiger partial charge is 0.268 e. The normalized spacial score (nSPS) is 20.2. The Morgan fingerprint density at radius 3 is 2.50 bits per heavy atom. The molecule has 0 radical (unpaired) electrons. The Bertz CT molecular complexity index is 1120. The molecule has 6 nitrogen and oxygen atoms in total. The second kappa shape index (κ2) is 7.71. The van der Waals surface area contributed by atoms with Gasteiger partial charge >= 0.3 is 0 Å². The molecule has 1 saturated heterocycles. The fourth-order valence-electron chi connectivity index (χ4n) is 4.00. The molecule has 4 rings (SSSR count). The Balaban J connectivity index is 1.88. The molecule has 1 atom stereocenters. The topological polar surface area (TPSA) is 85.2 Å². The van der Waals surface area contributed by atoms with Crippen LogP contribution in [0.25, 0.3) is 5.69 Å². The van der Waals surface area contributed by atoms with Crippen LogP contribution < -0.4 is 10.9 Å². The lowest BCUT2D eigenvalue weighted by Crippen LogP contribution is -2.42. The maximum absolute atomic E-state index is 13.4. The van der Waals surface area contributed by atoms with E-state index in [1.54, 1.807) is 24.3 Å². The lowest BCUT2D eigenvalue weighted by Gasteiger charge is -2.32. The van der Waals surface area contributed by atoms with Crippen molar-refractivity contribution in [3.63, 3.8) is 0 Å². The summed E-state index contributed by atoms with van der Waals surface area (Å²) in [6.45, 7) is 3.96. The largest absolute Gasteiger partial charge is 0.341 e. The van der Waals surface area contributed by atoms with Crippen LogP contribution in [0.15, 0.2) is 35.1 Å². The van der Waals surface area contributed by atoms with Gasteiger partial charge in [0.15, 0.2) is 5.78 Å². The van der Waals surface area contributed by atoms with Crippen LogP contribution in [0.4, 0.5) is 0 Å². The molecule has 1 amide bonds. The zero-order chi connectivity index (χ0) is 21.6. The van der Waals surface area contributed by atoms with Crippen molar-refractivity contribution < 1.29 is 14.4 Å². The van der Waals surface area contributed by atoms with Gasteiger partial charge in [-0.3, -0.25) is 23.7 Å². The number of hydrogen-bond donors (Lipinski definition) is 1. The molecule has 0 unspecified atom stereocenters. The first-order valence-corrected chi connectivity index (χ1v) is 11.1. The van der Waals surface area contributed by atoms with Gasteiger partial charge in [-0.1, -0.05) is 37.2 Å². The zero-order valence-electron chi connectivity index (χ0n) is 16.7. The highest BCUT2D eigenvalue weighted by atomic mass is 35.5. The summed E-state index contributed by atoms with van der Waals surface area (Å²) in [4.78, 5) is 51.1. The van der Waals surface area contributed by atoms with Gasteiger partial charge in [-0.05, 0) is 48.6 Å². The minimum atomic E-state index is -0.635. The lowest BCUT2D eigenvalue weighted by atomic mass is 9.75. The van der Waals surface area contributed by atoms with E-state index in [4.69, 9.17) is 11.6 Å². The fraction of sp³-hybridized carbons (Fsp3) is 0.364. The van der Waals surface area contributed by atoms with Crippen LogP contribution in [0.1, 0.15) is 53.1 Å². The SMILES string of the molecule is CC1(C)CC(=O)c2cc(C(=O)N[C@H]3CCSC3=O)c(=O)n(-c3ccc(Cl)cc3)c2C1. The van der Waals surface area contributed by atoms with Crippen molar-refractivity contribution >= 4 is 40.2 Å². The number of thioether (sulfide) groups is 1. The monoisotopic (exact) mass is 444 g/mol. The number of rotatable bonds is 3. The van der Waals surface area contributed by atoms with Crippen molar-refractivity contribution in [2.45, 2.75) is 39.2 Å². The predicted octanol–water partition coefficient (Wildman–Crippen LogP) is 3.41. The van der Waals surface area contributed by atoms with E-state index in [-0.39, 0.29) is 21.9 Å². The van der Waals surface area contributed by atoms with Gasteiger partial charge in [-0.25, -0.2) is 0 Å². The van der Waals surface area contributed by atoms with Crippen molar-refractivity contribution in [3.8, 4) is 5.69 Å². The Kier molecular flexibility index (Phi) is 5.36. The van der Waals surface area contributed by atoms with Crippen molar-refractivity contribution in [1.29, 1.82) is 0 Å². The number of ketones is 1. The number of hydrogen-bond acceptors (Lipinski definition) is 5. The summed E-state index contributed by atoms with van der Waals surface area (Å²) in [6.07, 6.45) is 1.38. The third kappa shape index (κ3) is 3.84. The number of amides is 1. The number of carbonyl (C=O) groups excluding carboxylic acids is 3. The Hall–Kier alpha value is -2.38. The van der Waals surface area contributed by atoms with E-state index in [9.17, 15) is 19.2 Å². The first-order valence-electron chi connectivity index (χ1n) is 9.72. The highest BCUT2D eigenvalue weighted by Gasteiger charge is 2.35. The van der Waals surface area contributed by atoms with Gasteiger partial charge in [0.05, 0.1) is 6.04 Å². The summed E-state index contributed by atoms with van der Waals surface area (Å²) in [5, 5.41) is 3.06.